The summed E-state index contributed by atoms with van der Waals surface area (Å²) in [6.45, 7) is 6.08. The number of nitrogens with zero attached hydrogens (tertiary/aromatic N) is 1. The lowest BCUT2D eigenvalue weighted by molar-refractivity contribution is 0.505. The van der Waals surface area contributed by atoms with Crippen molar-refractivity contribution >= 4 is 11.4 Å². The molecule has 0 radical (unpaired) electrons. The lowest BCUT2D eigenvalue weighted by atomic mass is 9.98. The first-order chi connectivity index (χ1) is 12.2. The normalized spacial score (nSPS) is 19.9. The van der Waals surface area contributed by atoms with Crippen LogP contribution in [-0.2, 0) is 0 Å². The standard InChI is InChI=1S/C22H21N3/c1-15-3-7-17(8-4-15)20-21(18-11-13-23-14-12-18)25-22(24-20)19-9-5-16(2)6-10-19/h3-14,19,22,24-25H,2H2,1H3. The molecule has 1 aliphatic carbocycles. The Labute approximate surface area is 148 Å². The molecule has 1 aromatic carbocycles. The maximum absolute atomic E-state index is 4.14. The molecule has 2 heterocycles. The van der Waals surface area contributed by atoms with Crippen LogP contribution < -0.4 is 10.6 Å². The molecule has 2 N–H and O–H groups in total. The Bertz CT molecular complexity index is 857. The van der Waals surface area contributed by atoms with Crippen molar-refractivity contribution in [3.8, 4) is 0 Å². The summed E-state index contributed by atoms with van der Waals surface area (Å²) in [5, 5.41) is 7.34. The van der Waals surface area contributed by atoms with Gasteiger partial charge in [-0.05, 0) is 30.2 Å². The average Bonchev–Trinajstić information content (AvgIpc) is 3.09. The molecule has 3 nitrogen and oxygen atoms in total. The molecule has 2 aromatic rings. The Kier molecular flexibility index (Phi) is 3.98. The minimum absolute atomic E-state index is 0.111. The van der Waals surface area contributed by atoms with Gasteiger partial charge in [0.05, 0.1) is 11.4 Å². The second-order valence-corrected chi connectivity index (χ2v) is 6.49. The van der Waals surface area contributed by atoms with Crippen LogP contribution in [0.4, 0.5) is 0 Å². The predicted octanol–water partition coefficient (Wildman–Crippen LogP) is 4.03. The van der Waals surface area contributed by atoms with Gasteiger partial charge in [-0.15, -0.1) is 0 Å². The van der Waals surface area contributed by atoms with Crippen LogP contribution in [0.25, 0.3) is 11.4 Å². The third kappa shape index (κ3) is 3.13. The van der Waals surface area contributed by atoms with Gasteiger partial charge in [-0.2, -0.15) is 0 Å². The van der Waals surface area contributed by atoms with E-state index in [0.29, 0.717) is 0 Å². The molecule has 1 atom stereocenters. The monoisotopic (exact) mass is 327 g/mol. The van der Waals surface area contributed by atoms with E-state index in [-0.39, 0.29) is 12.1 Å². The van der Waals surface area contributed by atoms with Gasteiger partial charge in [0.2, 0.25) is 0 Å². The lowest BCUT2D eigenvalue weighted by Crippen LogP contribution is -2.38. The van der Waals surface area contributed by atoms with Gasteiger partial charge in [-0.1, -0.05) is 60.7 Å². The number of rotatable bonds is 3. The third-order valence-corrected chi connectivity index (χ3v) is 4.61. The number of hydrogen-bond acceptors (Lipinski definition) is 3. The maximum atomic E-state index is 4.14. The molecular weight excluding hydrogens is 306 g/mol. The van der Waals surface area contributed by atoms with Crippen LogP contribution in [0.2, 0.25) is 0 Å². The molecule has 0 saturated carbocycles. The van der Waals surface area contributed by atoms with Crippen molar-refractivity contribution in [1.29, 1.82) is 0 Å². The zero-order valence-corrected chi connectivity index (χ0v) is 14.2. The second-order valence-electron chi connectivity index (χ2n) is 6.49. The van der Waals surface area contributed by atoms with E-state index in [1.165, 1.54) is 11.1 Å². The first-order valence-corrected chi connectivity index (χ1v) is 8.51. The van der Waals surface area contributed by atoms with Crippen LogP contribution in [0.3, 0.4) is 0 Å². The number of pyridine rings is 1. The first kappa shape index (κ1) is 15.5. The summed E-state index contributed by atoms with van der Waals surface area (Å²) in [6.07, 6.45) is 12.3. The minimum atomic E-state index is 0.111. The van der Waals surface area contributed by atoms with Crippen molar-refractivity contribution in [2.45, 2.75) is 13.1 Å². The summed E-state index contributed by atoms with van der Waals surface area (Å²) < 4.78 is 0. The summed E-state index contributed by atoms with van der Waals surface area (Å²) in [7, 11) is 0. The molecule has 1 unspecified atom stereocenters. The highest BCUT2D eigenvalue weighted by Gasteiger charge is 2.28. The molecule has 124 valence electrons. The van der Waals surface area contributed by atoms with Crippen LogP contribution >= 0.6 is 0 Å². The van der Waals surface area contributed by atoms with Crippen LogP contribution in [0.1, 0.15) is 16.7 Å². The highest BCUT2D eigenvalue weighted by atomic mass is 15.2. The summed E-state index contributed by atoms with van der Waals surface area (Å²) in [4.78, 5) is 4.14. The van der Waals surface area contributed by atoms with Crippen LogP contribution in [0, 0.1) is 12.8 Å². The van der Waals surface area contributed by atoms with Gasteiger partial charge in [0.1, 0.15) is 6.17 Å². The smallest absolute Gasteiger partial charge is 0.107 e. The van der Waals surface area contributed by atoms with E-state index in [1.807, 2.05) is 24.5 Å². The van der Waals surface area contributed by atoms with E-state index in [1.54, 1.807) is 0 Å². The molecule has 3 heteroatoms. The molecule has 0 saturated heterocycles. The second kappa shape index (κ2) is 6.44. The van der Waals surface area contributed by atoms with Gasteiger partial charge in [-0.25, -0.2) is 0 Å². The highest BCUT2D eigenvalue weighted by Crippen LogP contribution is 2.30. The molecule has 0 bridgehead atoms. The Morgan fingerprint density at radius 1 is 0.840 bits per heavy atom. The average molecular weight is 327 g/mol. The zero-order valence-electron chi connectivity index (χ0n) is 14.2. The van der Waals surface area contributed by atoms with Gasteiger partial charge >= 0.3 is 0 Å². The van der Waals surface area contributed by atoms with Gasteiger partial charge < -0.3 is 10.6 Å². The molecule has 0 spiro atoms. The molecular formula is C22H21N3. The zero-order chi connectivity index (χ0) is 17.2. The van der Waals surface area contributed by atoms with Crippen molar-refractivity contribution in [1.82, 2.24) is 15.6 Å². The fourth-order valence-corrected chi connectivity index (χ4v) is 3.19. The van der Waals surface area contributed by atoms with E-state index in [2.05, 4.69) is 77.7 Å². The molecule has 2 aliphatic rings. The minimum Gasteiger partial charge on any atom is -0.362 e. The summed E-state index contributed by atoms with van der Waals surface area (Å²) in [5.41, 5.74) is 6.85. The maximum Gasteiger partial charge on any atom is 0.107 e. The Morgan fingerprint density at radius 3 is 2.00 bits per heavy atom. The third-order valence-electron chi connectivity index (χ3n) is 4.61. The predicted molar refractivity (Wildman–Crippen MR) is 103 cm³/mol. The van der Waals surface area contributed by atoms with Crippen molar-refractivity contribution in [2.75, 3.05) is 0 Å². The highest BCUT2D eigenvalue weighted by molar-refractivity contribution is 5.91. The Hall–Kier alpha value is -3.07. The van der Waals surface area contributed by atoms with Crippen molar-refractivity contribution < 1.29 is 0 Å². The van der Waals surface area contributed by atoms with Gasteiger partial charge in [0.15, 0.2) is 0 Å². The van der Waals surface area contributed by atoms with Gasteiger partial charge in [0, 0.05) is 23.9 Å². The molecule has 1 aromatic heterocycles. The van der Waals surface area contributed by atoms with Crippen LogP contribution in [0.5, 0.6) is 0 Å². The topological polar surface area (TPSA) is 37.0 Å². The van der Waals surface area contributed by atoms with E-state index in [0.717, 1.165) is 22.5 Å². The Balaban J connectivity index is 1.70. The number of benzene rings is 1. The van der Waals surface area contributed by atoms with Crippen molar-refractivity contribution in [3.63, 3.8) is 0 Å². The molecule has 4 rings (SSSR count). The number of allylic oxidation sites excluding steroid dienone is 3. The lowest BCUT2D eigenvalue weighted by Gasteiger charge is -2.22. The number of aromatic nitrogens is 1. The van der Waals surface area contributed by atoms with Crippen LogP contribution in [-0.4, -0.2) is 11.1 Å². The fourth-order valence-electron chi connectivity index (χ4n) is 3.19. The molecule has 0 amide bonds. The summed E-state index contributed by atoms with van der Waals surface area (Å²) >= 11 is 0. The summed E-state index contributed by atoms with van der Waals surface area (Å²) in [5.74, 6) is 0.269. The number of aryl methyl sites for hydroxylation is 1. The molecule has 1 aliphatic heterocycles. The van der Waals surface area contributed by atoms with E-state index >= 15 is 0 Å². The largest absolute Gasteiger partial charge is 0.362 e. The van der Waals surface area contributed by atoms with E-state index in [9.17, 15) is 0 Å². The molecule has 0 fully saturated rings. The quantitative estimate of drug-likeness (QED) is 0.893. The molecule has 25 heavy (non-hydrogen) atoms. The SMILES string of the molecule is C=C1C=CC(C2NC(c3ccncc3)=C(c3ccc(C)cc3)N2)C=C1. The Morgan fingerprint density at radius 2 is 1.40 bits per heavy atom. The number of hydrogen-bond donors (Lipinski definition) is 2. The fraction of sp³-hybridized carbons (Fsp3) is 0.136. The van der Waals surface area contributed by atoms with Gasteiger partial charge in [0.25, 0.3) is 0 Å². The number of nitrogens with one attached hydrogen (secondary N) is 2. The van der Waals surface area contributed by atoms with Crippen molar-refractivity contribution in [3.05, 3.63) is 102 Å². The summed E-state index contributed by atoms with van der Waals surface area (Å²) in [6, 6.07) is 12.7. The van der Waals surface area contributed by atoms with Crippen molar-refractivity contribution in [2.24, 2.45) is 5.92 Å². The van der Waals surface area contributed by atoms with Gasteiger partial charge in [-0.3, -0.25) is 4.98 Å². The van der Waals surface area contributed by atoms with E-state index in [4.69, 9.17) is 0 Å². The van der Waals surface area contributed by atoms with Crippen LogP contribution in [0.15, 0.2) is 85.2 Å². The first-order valence-electron chi connectivity index (χ1n) is 8.51. The van der Waals surface area contributed by atoms with E-state index < -0.39 is 0 Å².